The Kier molecular flexibility index (Phi) is 11.1. The van der Waals surface area contributed by atoms with Gasteiger partial charge in [0.15, 0.2) is 29.7 Å². The van der Waals surface area contributed by atoms with E-state index in [1.165, 1.54) is 19.9 Å². The van der Waals surface area contributed by atoms with Gasteiger partial charge in [-0.2, -0.15) is 0 Å². The molecule has 4 heterocycles. The van der Waals surface area contributed by atoms with Crippen LogP contribution in [0.2, 0.25) is 0 Å². The zero-order chi connectivity index (χ0) is 38.6. The Morgan fingerprint density at radius 3 is 1.89 bits per heavy atom. The summed E-state index contributed by atoms with van der Waals surface area (Å²) in [4.78, 5) is 14.2. The Morgan fingerprint density at radius 2 is 1.26 bits per heavy atom. The first-order chi connectivity index (χ1) is 25.0. The third-order valence-corrected chi connectivity index (χ3v) is 9.36. The fourth-order valence-electron chi connectivity index (χ4n) is 6.23. The van der Waals surface area contributed by atoms with Crippen LogP contribution in [0, 0.1) is 0 Å². The van der Waals surface area contributed by atoms with Gasteiger partial charge in [0.1, 0.15) is 77.4 Å². The number of hydrogen-bond donors (Lipinski definition) is 12. The summed E-state index contributed by atoms with van der Waals surface area (Å²) in [7, 11) is 0. The molecule has 53 heavy (non-hydrogen) atoms. The highest BCUT2D eigenvalue weighted by Crippen LogP contribution is 2.40. The summed E-state index contributed by atoms with van der Waals surface area (Å²) >= 11 is 0. The number of fused-ring (bicyclic) bond motifs is 1. The zero-order valence-corrected chi connectivity index (χ0v) is 27.9. The second-order valence-corrected chi connectivity index (χ2v) is 13.0. The number of aliphatic hydroxyl groups excluding tert-OH is 9. The van der Waals surface area contributed by atoms with Crippen molar-refractivity contribution in [3.05, 3.63) is 40.6 Å². The topological polar surface area (TPSA) is 328 Å². The molecule has 0 saturated carbocycles. The van der Waals surface area contributed by atoms with Gasteiger partial charge in [0, 0.05) is 17.7 Å². The van der Waals surface area contributed by atoms with Gasteiger partial charge in [0.25, 0.3) is 0 Å². The minimum absolute atomic E-state index is 0.110. The smallest absolute Gasteiger partial charge is 0.239 e. The molecule has 0 aliphatic carbocycles. The van der Waals surface area contributed by atoms with Crippen molar-refractivity contribution in [1.82, 2.24) is 0 Å². The van der Waals surface area contributed by atoms with Crippen LogP contribution in [0.3, 0.4) is 0 Å². The largest absolute Gasteiger partial charge is 0.507 e. The van der Waals surface area contributed by atoms with E-state index in [1.807, 2.05) is 0 Å². The predicted molar refractivity (Wildman–Crippen MR) is 172 cm³/mol. The molecule has 0 radical (unpaired) electrons. The molecule has 0 spiro atoms. The number of rotatable bonds is 8. The quantitative estimate of drug-likeness (QED) is 0.101. The summed E-state index contributed by atoms with van der Waals surface area (Å²) in [5, 5.41) is 124. The van der Waals surface area contributed by atoms with Crippen LogP contribution in [0.25, 0.3) is 22.3 Å². The maximum Gasteiger partial charge on any atom is 0.239 e. The van der Waals surface area contributed by atoms with Gasteiger partial charge >= 0.3 is 0 Å². The van der Waals surface area contributed by atoms with Gasteiger partial charge < -0.3 is 94.1 Å². The Bertz CT molecular complexity index is 1830. The second kappa shape index (κ2) is 15.1. The van der Waals surface area contributed by atoms with Crippen molar-refractivity contribution in [2.45, 2.75) is 106 Å². The van der Waals surface area contributed by atoms with Gasteiger partial charge in [0.2, 0.25) is 23.8 Å². The molecule has 0 bridgehead atoms. The lowest BCUT2D eigenvalue weighted by Gasteiger charge is -2.45. The third-order valence-electron chi connectivity index (χ3n) is 9.36. The number of phenols is 3. The molecule has 12 N–H and O–H groups in total. The van der Waals surface area contributed by atoms with Gasteiger partial charge in [-0.15, -0.1) is 0 Å². The summed E-state index contributed by atoms with van der Waals surface area (Å²) in [6, 6.07) is 5.29. The predicted octanol–water partition coefficient (Wildman–Crippen LogP) is -3.19. The lowest BCUT2D eigenvalue weighted by molar-refractivity contribution is -0.354. The lowest BCUT2D eigenvalue weighted by Crippen LogP contribution is -2.64. The lowest BCUT2D eigenvalue weighted by atomic mass is 9.97. The van der Waals surface area contributed by atoms with Crippen LogP contribution < -0.4 is 14.9 Å². The first kappa shape index (κ1) is 38.8. The molecule has 3 fully saturated rings. The van der Waals surface area contributed by atoms with Gasteiger partial charge in [0.05, 0.1) is 18.8 Å². The van der Waals surface area contributed by atoms with Gasteiger partial charge in [-0.25, -0.2) is 0 Å². The van der Waals surface area contributed by atoms with Crippen LogP contribution in [-0.2, 0) is 18.9 Å². The monoisotopic (exact) mass is 756 g/mol. The average Bonchev–Trinajstić information content (AvgIpc) is 3.12. The van der Waals surface area contributed by atoms with E-state index >= 15 is 0 Å². The van der Waals surface area contributed by atoms with Crippen LogP contribution >= 0.6 is 0 Å². The van der Waals surface area contributed by atoms with Gasteiger partial charge in [-0.1, -0.05) is 0 Å². The highest BCUT2D eigenvalue weighted by Gasteiger charge is 2.51. The van der Waals surface area contributed by atoms with Crippen LogP contribution in [0.5, 0.6) is 28.7 Å². The van der Waals surface area contributed by atoms with E-state index in [0.29, 0.717) is 0 Å². The first-order valence-electron chi connectivity index (χ1n) is 16.4. The molecular weight excluding hydrogens is 716 g/mol. The molecular formula is C33H40O20. The Morgan fingerprint density at radius 1 is 0.642 bits per heavy atom. The minimum atomic E-state index is -1.97. The molecule has 3 aliphatic heterocycles. The number of benzene rings is 2. The number of hydrogen-bond acceptors (Lipinski definition) is 20. The summed E-state index contributed by atoms with van der Waals surface area (Å²) in [5.74, 6) is -3.49. The molecule has 20 nitrogen and oxygen atoms in total. The first-order valence-corrected chi connectivity index (χ1v) is 16.4. The fourth-order valence-corrected chi connectivity index (χ4v) is 6.23. The molecule has 0 amide bonds. The van der Waals surface area contributed by atoms with Crippen molar-refractivity contribution >= 4 is 11.0 Å². The molecule has 0 unspecified atom stereocenters. The Labute approximate surface area is 298 Å². The fraction of sp³-hybridized carbons (Fsp3) is 0.545. The standard InChI is InChI=1S/C33H40O20/c1-9-19(38)23(42)26(45)31(47-9)49-12-6-15(37)18-16(7-12)50-28(11-3-4-13(35)14(36)5-11)29(22(18)41)52-33-30(25(44)21(40)17(8-34)51-33)53-32-27(46)24(43)20(39)10(2)48-32/h3-7,9-10,17,19-21,23-27,30-40,42-46H,8H2,1-2H3/t9-,10+,17+,19-,20+,21+,23+,24-,25-,26+,27-,30-,31+,32-,33-/m1/s1. The normalized spacial score (nSPS) is 37.8. The van der Waals surface area contributed by atoms with Crippen LogP contribution in [0.1, 0.15) is 13.8 Å². The van der Waals surface area contributed by atoms with Crippen molar-refractivity contribution in [2.75, 3.05) is 6.61 Å². The molecule has 3 aliphatic rings. The van der Waals surface area contributed by atoms with Crippen LogP contribution in [-0.4, -0.2) is 160 Å². The van der Waals surface area contributed by atoms with E-state index in [2.05, 4.69) is 0 Å². The molecule has 3 saturated heterocycles. The summed E-state index contributed by atoms with van der Waals surface area (Å²) < 4.78 is 39.9. The molecule has 1 aromatic heterocycles. The van der Waals surface area contributed by atoms with Crippen LogP contribution in [0.15, 0.2) is 39.5 Å². The maximum atomic E-state index is 14.2. The molecule has 15 atom stereocenters. The van der Waals surface area contributed by atoms with Crippen molar-refractivity contribution in [3.8, 4) is 40.1 Å². The highest BCUT2D eigenvalue weighted by atomic mass is 16.8. The van der Waals surface area contributed by atoms with Crippen molar-refractivity contribution in [3.63, 3.8) is 0 Å². The summed E-state index contributed by atoms with van der Waals surface area (Å²) in [5.41, 5.74) is -1.59. The van der Waals surface area contributed by atoms with Gasteiger partial charge in [-0.05, 0) is 32.0 Å². The van der Waals surface area contributed by atoms with Crippen molar-refractivity contribution < 1.29 is 94.1 Å². The summed E-state index contributed by atoms with van der Waals surface area (Å²) in [6.45, 7) is 1.90. The molecule has 20 heteroatoms. The van der Waals surface area contributed by atoms with E-state index in [4.69, 9.17) is 32.8 Å². The second-order valence-electron chi connectivity index (χ2n) is 13.0. The maximum absolute atomic E-state index is 14.2. The number of aromatic hydroxyl groups is 3. The van der Waals surface area contributed by atoms with E-state index in [9.17, 15) is 66.1 Å². The molecule has 2 aromatic carbocycles. The Hall–Kier alpha value is -3.87. The summed E-state index contributed by atoms with van der Waals surface area (Å²) in [6.07, 6.45) is -24.6. The minimum Gasteiger partial charge on any atom is -0.507 e. The van der Waals surface area contributed by atoms with Crippen molar-refractivity contribution in [2.24, 2.45) is 0 Å². The van der Waals surface area contributed by atoms with Crippen molar-refractivity contribution in [1.29, 1.82) is 0 Å². The van der Waals surface area contributed by atoms with E-state index in [1.54, 1.807) is 0 Å². The average molecular weight is 757 g/mol. The molecule has 3 aromatic rings. The van der Waals surface area contributed by atoms with E-state index in [0.717, 1.165) is 24.3 Å². The highest BCUT2D eigenvalue weighted by molar-refractivity contribution is 5.88. The third kappa shape index (κ3) is 7.22. The number of aliphatic hydroxyl groups is 9. The van der Waals surface area contributed by atoms with E-state index < -0.39 is 138 Å². The number of phenolic OH excluding ortho intramolecular Hbond substituents is 3. The molecule has 6 rings (SSSR count). The van der Waals surface area contributed by atoms with E-state index in [-0.39, 0.29) is 16.9 Å². The van der Waals surface area contributed by atoms with Crippen LogP contribution in [0.4, 0.5) is 0 Å². The SMILES string of the molecule is C[C@@H]1O[C@H](O[C@H]2[C@@H](Oc3c(-c4ccc(O)c(O)c4)oc4cc(O[C@@H]5O[C@H](C)[C@@H](O)[C@H](O)[C@@H]5O)cc(O)c4c3=O)O[C@@H](CO)[C@H](O)[C@H]2O)[C@H](O)[C@H](O)[C@H]1O. The zero-order valence-electron chi connectivity index (χ0n) is 27.9. The number of ether oxygens (including phenoxy) is 6. The molecule has 292 valence electrons. The Balaban J connectivity index is 1.43. The van der Waals surface area contributed by atoms with Gasteiger partial charge in [-0.3, -0.25) is 4.79 Å².